The van der Waals surface area contributed by atoms with Crippen LogP contribution in [-0.2, 0) is 11.2 Å². The minimum absolute atomic E-state index is 0.444. The van der Waals surface area contributed by atoms with E-state index in [0.717, 1.165) is 58.0 Å². The van der Waals surface area contributed by atoms with Gasteiger partial charge in [-0.15, -0.1) is 0 Å². The van der Waals surface area contributed by atoms with Crippen LogP contribution < -0.4 is 10.1 Å². The molecule has 1 aromatic rings. The van der Waals surface area contributed by atoms with E-state index < -0.39 is 0 Å². The average Bonchev–Trinajstić information content (AvgIpc) is 2.59. The van der Waals surface area contributed by atoms with E-state index in [4.69, 9.17) is 9.47 Å². The van der Waals surface area contributed by atoms with Gasteiger partial charge in [0.05, 0.1) is 19.8 Å². The maximum absolute atomic E-state index is 5.79. The number of nitrogens with zero attached hydrogens (tertiary/aromatic N) is 1. The zero-order valence-electron chi connectivity index (χ0n) is 13.6. The molecule has 0 aliphatic carbocycles. The van der Waals surface area contributed by atoms with Gasteiger partial charge in [-0.05, 0) is 37.6 Å². The fourth-order valence-corrected chi connectivity index (χ4v) is 3.28. The van der Waals surface area contributed by atoms with Crippen LogP contribution in [0.2, 0.25) is 0 Å². The second-order valence-corrected chi connectivity index (χ2v) is 6.18. The summed E-state index contributed by atoms with van der Waals surface area (Å²) < 4.78 is 11.2. The van der Waals surface area contributed by atoms with Crippen molar-refractivity contribution >= 4 is 0 Å². The monoisotopic (exact) mass is 304 g/mol. The first-order valence-electron chi connectivity index (χ1n) is 8.66. The molecule has 4 heteroatoms. The summed E-state index contributed by atoms with van der Waals surface area (Å²) in [6.45, 7) is 9.20. The largest absolute Gasteiger partial charge is 0.493 e. The molecule has 0 bridgehead atoms. The van der Waals surface area contributed by atoms with Gasteiger partial charge in [0.2, 0.25) is 0 Å². The molecule has 2 aliphatic rings. The normalized spacial score (nSPS) is 22.1. The molecular formula is C18H28N2O2. The Kier molecular flexibility index (Phi) is 5.70. The number of rotatable bonds is 6. The number of ether oxygens (including phenoxy) is 2. The third-order valence-corrected chi connectivity index (χ3v) is 4.67. The van der Waals surface area contributed by atoms with E-state index in [1.54, 1.807) is 0 Å². The molecule has 0 saturated carbocycles. The Balaban J connectivity index is 1.49. The molecule has 4 nitrogen and oxygen atoms in total. The fourth-order valence-electron chi connectivity index (χ4n) is 3.28. The number of aryl methyl sites for hydroxylation is 1. The molecule has 122 valence electrons. The molecule has 0 radical (unpaired) electrons. The molecule has 2 heterocycles. The zero-order chi connectivity index (χ0) is 15.2. The standard InChI is InChI=1S/C18H28N2O2/c1-2-15-4-5-18-16(14-15)17(6-11-22-18)19-7-3-8-20-9-12-21-13-10-20/h4-5,14,17,19H,2-3,6-13H2,1H3. The van der Waals surface area contributed by atoms with E-state index in [9.17, 15) is 0 Å². The van der Waals surface area contributed by atoms with Gasteiger partial charge in [-0.25, -0.2) is 0 Å². The summed E-state index contributed by atoms with van der Waals surface area (Å²) in [5.41, 5.74) is 2.74. The van der Waals surface area contributed by atoms with Crippen molar-refractivity contribution in [1.82, 2.24) is 10.2 Å². The van der Waals surface area contributed by atoms with E-state index in [2.05, 4.69) is 35.3 Å². The van der Waals surface area contributed by atoms with Crippen LogP contribution in [0, 0.1) is 0 Å². The van der Waals surface area contributed by atoms with Crippen molar-refractivity contribution < 1.29 is 9.47 Å². The predicted molar refractivity (Wildman–Crippen MR) is 88.6 cm³/mol. The lowest BCUT2D eigenvalue weighted by Gasteiger charge is -2.29. The minimum Gasteiger partial charge on any atom is -0.493 e. The molecule has 1 fully saturated rings. The number of nitrogens with one attached hydrogen (secondary N) is 1. The number of morpholine rings is 1. The molecule has 1 aromatic carbocycles. The molecule has 0 aromatic heterocycles. The lowest BCUT2D eigenvalue weighted by molar-refractivity contribution is 0.0373. The van der Waals surface area contributed by atoms with Crippen molar-refractivity contribution in [3.05, 3.63) is 29.3 Å². The topological polar surface area (TPSA) is 33.7 Å². The molecule has 0 amide bonds. The fraction of sp³-hybridized carbons (Fsp3) is 0.667. The summed E-state index contributed by atoms with van der Waals surface area (Å²) in [5, 5.41) is 3.73. The van der Waals surface area contributed by atoms with Gasteiger partial charge in [0, 0.05) is 31.1 Å². The Hall–Kier alpha value is -1.10. The van der Waals surface area contributed by atoms with Gasteiger partial charge in [-0.2, -0.15) is 0 Å². The molecule has 3 rings (SSSR count). The average molecular weight is 304 g/mol. The van der Waals surface area contributed by atoms with Crippen molar-refractivity contribution in [2.75, 3.05) is 46.0 Å². The third kappa shape index (κ3) is 4.00. The van der Waals surface area contributed by atoms with Crippen LogP contribution >= 0.6 is 0 Å². The third-order valence-electron chi connectivity index (χ3n) is 4.67. The predicted octanol–water partition coefficient (Wildman–Crippen LogP) is 2.38. The van der Waals surface area contributed by atoms with Crippen molar-refractivity contribution in [2.24, 2.45) is 0 Å². The second-order valence-electron chi connectivity index (χ2n) is 6.18. The van der Waals surface area contributed by atoms with Crippen molar-refractivity contribution in [2.45, 2.75) is 32.2 Å². The van der Waals surface area contributed by atoms with Crippen molar-refractivity contribution in [3.63, 3.8) is 0 Å². The van der Waals surface area contributed by atoms with Gasteiger partial charge in [-0.3, -0.25) is 4.90 Å². The Morgan fingerprint density at radius 3 is 2.91 bits per heavy atom. The van der Waals surface area contributed by atoms with E-state index in [0.29, 0.717) is 6.04 Å². The van der Waals surface area contributed by atoms with Gasteiger partial charge in [0.25, 0.3) is 0 Å². The van der Waals surface area contributed by atoms with Crippen molar-refractivity contribution in [3.8, 4) is 5.75 Å². The Morgan fingerprint density at radius 1 is 1.23 bits per heavy atom. The van der Waals surface area contributed by atoms with E-state index in [1.807, 2.05) is 0 Å². The molecular weight excluding hydrogens is 276 g/mol. The Morgan fingerprint density at radius 2 is 2.09 bits per heavy atom. The first-order valence-corrected chi connectivity index (χ1v) is 8.66. The summed E-state index contributed by atoms with van der Waals surface area (Å²) in [7, 11) is 0. The van der Waals surface area contributed by atoms with Crippen LogP contribution in [-0.4, -0.2) is 50.9 Å². The lowest BCUT2D eigenvalue weighted by atomic mass is 9.97. The van der Waals surface area contributed by atoms with Crippen molar-refractivity contribution in [1.29, 1.82) is 0 Å². The lowest BCUT2D eigenvalue weighted by Crippen LogP contribution is -2.38. The first kappa shape index (κ1) is 15.8. The van der Waals surface area contributed by atoms with E-state index in [1.165, 1.54) is 24.1 Å². The van der Waals surface area contributed by atoms with E-state index >= 15 is 0 Å². The maximum atomic E-state index is 5.79. The molecule has 1 N–H and O–H groups in total. The SMILES string of the molecule is CCc1ccc2c(c1)C(NCCCN1CCOCC1)CCO2. The number of benzene rings is 1. The molecule has 1 atom stereocenters. The Labute approximate surface area is 133 Å². The molecule has 22 heavy (non-hydrogen) atoms. The number of fused-ring (bicyclic) bond motifs is 1. The van der Waals surface area contributed by atoms with Gasteiger partial charge < -0.3 is 14.8 Å². The molecule has 0 spiro atoms. The van der Waals surface area contributed by atoms with Crippen LogP contribution in [0.1, 0.15) is 36.9 Å². The second kappa shape index (κ2) is 7.95. The van der Waals surface area contributed by atoms with Gasteiger partial charge >= 0.3 is 0 Å². The summed E-state index contributed by atoms with van der Waals surface area (Å²) in [6.07, 6.45) is 3.34. The van der Waals surface area contributed by atoms with Crippen LogP contribution in [0.15, 0.2) is 18.2 Å². The highest BCUT2D eigenvalue weighted by Crippen LogP contribution is 2.32. The highest BCUT2D eigenvalue weighted by Gasteiger charge is 2.21. The smallest absolute Gasteiger partial charge is 0.124 e. The summed E-state index contributed by atoms with van der Waals surface area (Å²) in [4.78, 5) is 2.50. The van der Waals surface area contributed by atoms with Crippen LogP contribution in [0.5, 0.6) is 5.75 Å². The van der Waals surface area contributed by atoms with Crippen LogP contribution in [0.4, 0.5) is 0 Å². The van der Waals surface area contributed by atoms with Crippen LogP contribution in [0.25, 0.3) is 0 Å². The van der Waals surface area contributed by atoms with Crippen LogP contribution in [0.3, 0.4) is 0 Å². The Bertz CT molecular complexity index is 472. The highest BCUT2D eigenvalue weighted by molar-refractivity contribution is 5.40. The zero-order valence-corrected chi connectivity index (χ0v) is 13.6. The van der Waals surface area contributed by atoms with Gasteiger partial charge in [-0.1, -0.05) is 19.1 Å². The summed E-state index contributed by atoms with van der Waals surface area (Å²) in [5.74, 6) is 1.06. The maximum Gasteiger partial charge on any atom is 0.124 e. The van der Waals surface area contributed by atoms with Gasteiger partial charge in [0.1, 0.15) is 5.75 Å². The molecule has 1 unspecified atom stereocenters. The van der Waals surface area contributed by atoms with Gasteiger partial charge in [0.15, 0.2) is 0 Å². The minimum atomic E-state index is 0.444. The number of hydrogen-bond acceptors (Lipinski definition) is 4. The first-order chi connectivity index (χ1) is 10.9. The molecule has 1 saturated heterocycles. The summed E-state index contributed by atoms with van der Waals surface area (Å²) in [6, 6.07) is 7.07. The summed E-state index contributed by atoms with van der Waals surface area (Å²) >= 11 is 0. The number of hydrogen-bond donors (Lipinski definition) is 1. The highest BCUT2D eigenvalue weighted by atomic mass is 16.5. The molecule has 2 aliphatic heterocycles. The van der Waals surface area contributed by atoms with E-state index in [-0.39, 0.29) is 0 Å². The quantitative estimate of drug-likeness (QED) is 0.818.